The summed E-state index contributed by atoms with van der Waals surface area (Å²) in [5.74, 6) is 0.634. The Morgan fingerprint density at radius 3 is 2.62 bits per heavy atom. The molecule has 0 aliphatic carbocycles. The highest BCUT2D eigenvalue weighted by molar-refractivity contribution is 5.85. The molecular formula is C16H16N2O3. The monoisotopic (exact) mass is 284 g/mol. The summed E-state index contributed by atoms with van der Waals surface area (Å²) in [5, 5.41) is 13.4. The van der Waals surface area contributed by atoms with Crippen LogP contribution in [0.3, 0.4) is 0 Å². The van der Waals surface area contributed by atoms with E-state index in [4.69, 9.17) is 4.74 Å². The number of ether oxygens (including phenoxy) is 1. The number of phenolic OH excluding ortho intramolecular Hbond substituents is 1. The Kier molecular flexibility index (Phi) is 4.93. The van der Waals surface area contributed by atoms with Gasteiger partial charge in [0.25, 0.3) is 0 Å². The first-order chi connectivity index (χ1) is 10.2. The van der Waals surface area contributed by atoms with Gasteiger partial charge in [0.05, 0.1) is 19.7 Å². The summed E-state index contributed by atoms with van der Waals surface area (Å²) in [6.07, 6.45) is 1.63. The van der Waals surface area contributed by atoms with Crippen LogP contribution in [0.2, 0.25) is 0 Å². The van der Waals surface area contributed by atoms with Gasteiger partial charge in [-0.3, -0.25) is 4.79 Å². The summed E-state index contributed by atoms with van der Waals surface area (Å²) < 4.78 is 5.05. The number of hydrogen-bond acceptors (Lipinski definition) is 4. The van der Waals surface area contributed by atoms with Crippen molar-refractivity contribution in [2.75, 3.05) is 7.11 Å². The molecule has 2 rings (SSSR count). The van der Waals surface area contributed by atoms with E-state index in [2.05, 4.69) is 10.5 Å². The molecule has 0 heterocycles. The summed E-state index contributed by atoms with van der Waals surface area (Å²) in [6, 6.07) is 14.0. The van der Waals surface area contributed by atoms with E-state index in [0.717, 1.165) is 11.3 Å². The number of hydrazone groups is 1. The normalized spacial score (nSPS) is 10.5. The lowest BCUT2D eigenvalue weighted by atomic mass is 10.1. The number of carbonyl (C=O) groups is 1. The largest absolute Gasteiger partial charge is 0.507 e. The minimum Gasteiger partial charge on any atom is -0.507 e. The predicted octanol–water partition coefficient (Wildman–Crippen LogP) is 2.09. The Morgan fingerprint density at radius 1 is 1.24 bits per heavy atom. The third-order valence-electron chi connectivity index (χ3n) is 2.85. The molecule has 0 radical (unpaired) electrons. The van der Waals surface area contributed by atoms with Crippen molar-refractivity contribution in [3.8, 4) is 11.5 Å². The summed E-state index contributed by atoms with van der Waals surface area (Å²) in [6.45, 7) is 0. The smallest absolute Gasteiger partial charge is 0.244 e. The molecule has 2 aromatic rings. The maximum atomic E-state index is 11.7. The minimum atomic E-state index is -0.230. The maximum absolute atomic E-state index is 11.7. The van der Waals surface area contributed by atoms with Gasteiger partial charge in [0.2, 0.25) is 5.91 Å². The average Bonchev–Trinajstić information content (AvgIpc) is 2.50. The minimum absolute atomic E-state index is 0.116. The molecular weight excluding hydrogens is 268 g/mol. The second kappa shape index (κ2) is 7.09. The molecule has 21 heavy (non-hydrogen) atoms. The van der Waals surface area contributed by atoms with Crippen molar-refractivity contribution in [3.05, 3.63) is 59.7 Å². The van der Waals surface area contributed by atoms with Gasteiger partial charge in [-0.05, 0) is 29.8 Å². The van der Waals surface area contributed by atoms with E-state index in [1.165, 1.54) is 6.21 Å². The number of benzene rings is 2. The van der Waals surface area contributed by atoms with Crippen LogP contribution in [-0.4, -0.2) is 24.3 Å². The van der Waals surface area contributed by atoms with Gasteiger partial charge in [-0.15, -0.1) is 0 Å². The zero-order chi connectivity index (χ0) is 15.1. The first kappa shape index (κ1) is 14.6. The predicted molar refractivity (Wildman–Crippen MR) is 80.5 cm³/mol. The number of phenols is 1. The quantitative estimate of drug-likeness (QED) is 0.652. The fraction of sp³-hybridized carbons (Fsp3) is 0.125. The molecule has 2 aromatic carbocycles. The SMILES string of the molecule is COc1ccc(CC(=O)NN=Cc2ccccc2O)cc1. The number of methoxy groups -OCH3 is 1. The first-order valence-corrected chi connectivity index (χ1v) is 6.42. The third kappa shape index (κ3) is 4.35. The van der Waals surface area contributed by atoms with E-state index >= 15 is 0 Å². The van der Waals surface area contributed by atoms with Crippen molar-refractivity contribution in [1.29, 1.82) is 0 Å². The average molecular weight is 284 g/mol. The molecule has 108 valence electrons. The van der Waals surface area contributed by atoms with Gasteiger partial charge in [0, 0.05) is 5.56 Å². The highest BCUT2D eigenvalue weighted by Gasteiger charge is 2.02. The molecule has 1 amide bonds. The Morgan fingerprint density at radius 2 is 1.95 bits per heavy atom. The summed E-state index contributed by atoms with van der Waals surface area (Å²) in [7, 11) is 1.59. The van der Waals surface area contributed by atoms with Gasteiger partial charge in [-0.1, -0.05) is 24.3 Å². The number of nitrogens with one attached hydrogen (secondary N) is 1. The molecule has 0 bridgehead atoms. The van der Waals surface area contributed by atoms with Crippen molar-refractivity contribution >= 4 is 12.1 Å². The Labute approximate surface area is 122 Å². The van der Waals surface area contributed by atoms with Gasteiger partial charge in [0.1, 0.15) is 11.5 Å². The highest BCUT2D eigenvalue weighted by atomic mass is 16.5. The van der Waals surface area contributed by atoms with Crippen LogP contribution in [0.1, 0.15) is 11.1 Å². The molecule has 0 aromatic heterocycles. The van der Waals surface area contributed by atoms with E-state index in [1.54, 1.807) is 43.5 Å². The van der Waals surface area contributed by atoms with Gasteiger partial charge in [-0.2, -0.15) is 5.10 Å². The molecule has 2 N–H and O–H groups in total. The molecule has 0 atom stereocenters. The van der Waals surface area contributed by atoms with Crippen LogP contribution in [0.15, 0.2) is 53.6 Å². The zero-order valence-corrected chi connectivity index (χ0v) is 11.6. The van der Waals surface area contributed by atoms with Gasteiger partial charge in [0.15, 0.2) is 0 Å². The number of rotatable bonds is 5. The fourth-order valence-electron chi connectivity index (χ4n) is 1.74. The van der Waals surface area contributed by atoms with Crippen molar-refractivity contribution < 1.29 is 14.6 Å². The molecule has 0 saturated carbocycles. The third-order valence-corrected chi connectivity index (χ3v) is 2.85. The molecule has 0 aliphatic rings. The van der Waals surface area contributed by atoms with Crippen LogP contribution in [0.5, 0.6) is 11.5 Å². The molecule has 0 saturated heterocycles. The number of para-hydroxylation sites is 1. The summed E-state index contributed by atoms with van der Waals surface area (Å²) in [4.78, 5) is 11.7. The summed E-state index contributed by atoms with van der Waals surface area (Å²) >= 11 is 0. The van der Waals surface area contributed by atoms with Crippen LogP contribution in [0.4, 0.5) is 0 Å². The standard InChI is InChI=1S/C16H16N2O3/c1-21-14-8-6-12(7-9-14)10-16(20)18-17-11-13-4-2-3-5-15(13)19/h2-9,11,19H,10H2,1H3,(H,18,20). The topological polar surface area (TPSA) is 70.9 Å². The van der Waals surface area contributed by atoms with Crippen molar-refractivity contribution in [2.45, 2.75) is 6.42 Å². The lowest BCUT2D eigenvalue weighted by Gasteiger charge is -2.03. The van der Waals surface area contributed by atoms with E-state index in [9.17, 15) is 9.90 Å². The Bertz CT molecular complexity index is 636. The highest BCUT2D eigenvalue weighted by Crippen LogP contribution is 2.13. The van der Waals surface area contributed by atoms with Crippen molar-refractivity contribution in [3.63, 3.8) is 0 Å². The molecule has 0 aliphatic heterocycles. The molecule has 0 spiro atoms. The van der Waals surface area contributed by atoms with Gasteiger partial charge in [-0.25, -0.2) is 5.43 Å². The van der Waals surface area contributed by atoms with Crippen LogP contribution in [0.25, 0.3) is 0 Å². The van der Waals surface area contributed by atoms with Crippen LogP contribution in [-0.2, 0) is 11.2 Å². The summed E-state index contributed by atoms with van der Waals surface area (Å²) in [5.41, 5.74) is 3.83. The molecule has 5 nitrogen and oxygen atoms in total. The van der Waals surface area contributed by atoms with E-state index in [0.29, 0.717) is 5.56 Å². The molecule has 0 fully saturated rings. The van der Waals surface area contributed by atoms with Gasteiger partial charge >= 0.3 is 0 Å². The van der Waals surface area contributed by atoms with Crippen LogP contribution in [0, 0.1) is 0 Å². The lowest BCUT2D eigenvalue weighted by molar-refractivity contribution is -0.120. The lowest BCUT2D eigenvalue weighted by Crippen LogP contribution is -2.19. The maximum Gasteiger partial charge on any atom is 0.244 e. The van der Waals surface area contributed by atoms with E-state index in [1.807, 2.05) is 12.1 Å². The number of nitrogens with zero attached hydrogens (tertiary/aromatic N) is 1. The number of amides is 1. The fourth-order valence-corrected chi connectivity index (χ4v) is 1.74. The Balaban J connectivity index is 1.88. The second-order valence-electron chi connectivity index (χ2n) is 4.38. The molecule has 0 unspecified atom stereocenters. The Hall–Kier alpha value is -2.82. The molecule has 5 heteroatoms. The van der Waals surface area contributed by atoms with Gasteiger partial charge < -0.3 is 9.84 Å². The van der Waals surface area contributed by atoms with E-state index < -0.39 is 0 Å². The van der Waals surface area contributed by atoms with E-state index in [-0.39, 0.29) is 18.1 Å². The number of carbonyl (C=O) groups excluding carboxylic acids is 1. The zero-order valence-electron chi connectivity index (χ0n) is 11.6. The van der Waals surface area contributed by atoms with Crippen LogP contribution >= 0.6 is 0 Å². The number of hydrogen-bond donors (Lipinski definition) is 2. The second-order valence-corrected chi connectivity index (χ2v) is 4.38. The van der Waals surface area contributed by atoms with Crippen LogP contribution < -0.4 is 10.2 Å². The number of aromatic hydroxyl groups is 1. The van der Waals surface area contributed by atoms with Crippen molar-refractivity contribution in [2.24, 2.45) is 5.10 Å². The van der Waals surface area contributed by atoms with Crippen molar-refractivity contribution in [1.82, 2.24) is 5.43 Å². The first-order valence-electron chi connectivity index (χ1n) is 6.42.